The van der Waals surface area contributed by atoms with Crippen LogP contribution in [-0.2, 0) is 11.3 Å². The maximum Gasteiger partial charge on any atom is 0.191 e. The van der Waals surface area contributed by atoms with Gasteiger partial charge in [0.05, 0.1) is 6.54 Å². The molecule has 0 aliphatic carbocycles. The number of aliphatic imine (C=N–C) groups is 1. The number of nitrogens with one attached hydrogen (secondary N) is 3. The van der Waals surface area contributed by atoms with Gasteiger partial charge >= 0.3 is 0 Å². The van der Waals surface area contributed by atoms with Gasteiger partial charge in [0.15, 0.2) is 5.96 Å². The normalized spacial score (nSPS) is 11.4. The largest absolute Gasteiger partial charge is 0.381 e. The van der Waals surface area contributed by atoms with Crippen LogP contribution in [0.3, 0.4) is 0 Å². The van der Waals surface area contributed by atoms with Crippen LogP contribution in [0.4, 0.5) is 0 Å². The molecule has 0 aliphatic heterocycles. The Bertz CT molecular complexity index is 594. The van der Waals surface area contributed by atoms with Crippen LogP contribution in [0.5, 0.6) is 0 Å². The summed E-state index contributed by atoms with van der Waals surface area (Å²) >= 11 is 0. The SMILES string of the molecule is CCCCOCCCNC(=NCc1cc2ccccc2[nH]1)NCC.I. The minimum atomic E-state index is 0. The molecule has 0 aliphatic rings. The van der Waals surface area contributed by atoms with Gasteiger partial charge in [-0.25, -0.2) is 4.99 Å². The lowest BCUT2D eigenvalue weighted by molar-refractivity contribution is 0.129. The summed E-state index contributed by atoms with van der Waals surface area (Å²) in [6.07, 6.45) is 3.31. The third-order valence-corrected chi connectivity index (χ3v) is 3.74. The van der Waals surface area contributed by atoms with E-state index in [0.29, 0.717) is 6.54 Å². The van der Waals surface area contributed by atoms with E-state index < -0.39 is 0 Å². The highest BCUT2D eigenvalue weighted by Crippen LogP contribution is 2.14. The molecule has 2 rings (SSSR count). The summed E-state index contributed by atoms with van der Waals surface area (Å²) in [5.41, 5.74) is 2.28. The minimum absolute atomic E-state index is 0. The van der Waals surface area contributed by atoms with Crippen LogP contribution < -0.4 is 10.6 Å². The quantitative estimate of drug-likeness (QED) is 0.218. The Hall–Kier alpha value is -1.28. The highest BCUT2D eigenvalue weighted by atomic mass is 127. The van der Waals surface area contributed by atoms with Crippen LogP contribution in [0.25, 0.3) is 10.9 Å². The van der Waals surface area contributed by atoms with E-state index in [4.69, 9.17) is 4.74 Å². The molecule has 0 spiro atoms. The van der Waals surface area contributed by atoms with Gasteiger partial charge < -0.3 is 20.4 Å². The molecule has 1 aromatic heterocycles. The third kappa shape index (κ3) is 8.09. The highest BCUT2D eigenvalue weighted by molar-refractivity contribution is 14.0. The minimum Gasteiger partial charge on any atom is -0.381 e. The summed E-state index contributed by atoms with van der Waals surface area (Å²) < 4.78 is 5.57. The van der Waals surface area contributed by atoms with Gasteiger partial charge in [0, 0.05) is 37.5 Å². The lowest BCUT2D eigenvalue weighted by Gasteiger charge is -2.11. The van der Waals surface area contributed by atoms with Crippen molar-refractivity contribution in [2.45, 2.75) is 39.7 Å². The number of unbranched alkanes of at least 4 members (excludes halogenated alkanes) is 1. The predicted octanol–water partition coefficient (Wildman–Crippen LogP) is 4.05. The topological polar surface area (TPSA) is 61.4 Å². The number of guanidine groups is 1. The van der Waals surface area contributed by atoms with Crippen molar-refractivity contribution in [2.24, 2.45) is 4.99 Å². The number of ether oxygens (including phenoxy) is 1. The number of nitrogens with zero attached hydrogens (tertiary/aromatic N) is 1. The zero-order valence-electron chi connectivity index (χ0n) is 15.3. The number of hydrogen-bond acceptors (Lipinski definition) is 2. The van der Waals surface area contributed by atoms with Crippen molar-refractivity contribution in [1.82, 2.24) is 15.6 Å². The molecule has 5 nitrogen and oxygen atoms in total. The summed E-state index contributed by atoms with van der Waals surface area (Å²) in [5.74, 6) is 0.852. The van der Waals surface area contributed by atoms with E-state index in [1.807, 2.05) is 6.07 Å². The van der Waals surface area contributed by atoms with Gasteiger partial charge in [-0.1, -0.05) is 31.5 Å². The van der Waals surface area contributed by atoms with E-state index in [0.717, 1.165) is 56.3 Å². The van der Waals surface area contributed by atoms with Gasteiger partial charge in [-0.2, -0.15) is 0 Å². The molecule has 1 aromatic carbocycles. The number of halogens is 1. The molecule has 0 amide bonds. The van der Waals surface area contributed by atoms with E-state index >= 15 is 0 Å². The number of fused-ring (bicyclic) bond motifs is 1. The Morgan fingerprint density at radius 3 is 2.68 bits per heavy atom. The van der Waals surface area contributed by atoms with Gasteiger partial charge in [0.1, 0.15) is 0 Å². The second kappa shape index (κ2) is 13.0. The molecule has 0 saturated heterocycles. The summed E-state index contributed by atoms with van der Waals surface area (Å²) in [5, 5.41) is 7.87. The first-order valence-corrected chi connectivity index (χ1v) is 9.00. The lowest BCUT2D eigenvalue weighted by Crippen LogP contribution is -2.38. The Labute approximate surface area is 168 Å². The number of para-hydroxylation sites is 1. The number of benzene rings is 1. The number of rotatable bonds is 10. The monoisotopic (exact) mass is 458 g/mol. The molecule has 0 atom stereocenters. The van der Waals surface area contributed by atoms with Gasteiger partial charge in [-0.15, -0.1) is 24.0 Å². The molecule has 6 heteroatoms. The predicted molar refractivity (Wildman–Crippen MR) is 117 cm³/mol. The van der Waals surface area contributed by atoms with Gasteiger partial charge in [-0.3, -0.25) is 0 Å². The zero-order valence-corrected chi connectivity index (χ0v) is 17.6. The number of hydrogen-bond donors (Lipinski definition) is 3. The second-order valence-corrected chi connectivity index (χ2v) is 5.82. The first-order valence-electron chi connectivity index (χ1n) is 9.00. The molecular weight excluding hydrogens is 427 g/mol. The molecule has 0 unspecified atom stereocenters. The summed E-state index contributed by atoms with van der Waals surface area (Å²) in [4.78, 5) is 8.05. The second-order valence-electron chi connectivity index (χ2n) is 5.82. The first-order chi connectivity index (χ1) is 11.8. The molecule has 1 heterocycles. The van der Waals surface area contributed by atoms with Gasteiger partial charge in [0.2, 0.25) is 0 Å². The average Bonchev–Trinajstić information content (AvgIpc) is 3.01. The van der Waals surface area contributed by atoms with E-state index in [9.17, 15) is 0 Å². The number of aromatic amines is 1. The van der Waals surface area contributed by atoms with Crippen LogP contribution in [0.2, 0.25) is 0 Å². The van der Waals surface area contributed by atoms with Crippen molar-refractivity contribution < 1.29 is 4.74 Å². The van der Waals surface area contributed by atoms with Crippen LogP contribution in [0, 0.1) is 0 Å². The maximum absolute atomic E-state index is 5.57. The van der Waals surface area contributed by atoms with Crippen molar-refractivity contribution in [3.63, 3.8) is 0 Å². The summed E-state index contributed by atoms with van der Waals surface area (Å²) in [7, 11) is 0. The van der Waals surface area contributed by atoms with Crippen molar-refractivity contribution in [2.75, 3.05) is 26.3 Å². The highest BCUT2D eigenvalue weighted by Gasteiger charge is 2.01. The van der Waals surface area contributed by atoms with E-state index in [1.54, 1.807) is 0 Å². The van der Waals surface area contributed by atoms with Crippen LogP contribution >= 0.6 is 24.0 Å². The smallest absolute Gasteiger partial charge is 0.191 e. The molecule has 140 valence electrons. The molecule has 0 fully saturated rings. The Kier molecular flexibility index (Phi) is 11.3. The van der Waals surface area contributed by atoms with E-state index in [2.05, 4.69) is 58.7 Å². The van der Waals surface area contributed by atoms with Crippen molar-refractivity contribution in [3.8, 4) is 0 Å². The number of H-pyrrole nitrogens is 1. The van der Waals surface area contributed by atoms with Crippen LogP contribution in [-0.4, -0.2) is 37.2 Å². The van der Waals surface area contributed by atoms with E-state index in [1.165, 1.54) is 11.8 Å². The Balaban J connectivity index is 0.00000312. The molecule has 0 radical (unpaired) electrons. The standard InChI is InChI=1S/C19H30N4O.HI/c1-3-5-12-24-13-8-11-21-19(20-4-2)22-15-17-14-16-9-6-7-10-18(16)23-17;/h6-7,9-10,14,23H,3-5,8,11-13,15H2,1-2H3,(H2,20,21,22);1H. The molecule has 2 aromatic rings. The molecule has 25 heavy (non-hydrogen) atoms. The van der Waals surface area contributed by atoms with Gasteiger partial charge in [-0.05, 0) is 37.3 Å². The zero-order chi connectivity index (χ0) is 17.0. The molecule has 3 N–H and O–H groups in total. The maximum atomic E-state index is 5.57. The summed E-state index contributed by atoms with van der Waals surface area (Å²) in [6, 6.07) is 10.5. The van der Waals surface area contributed by atoms with Crippen molar-refractivity contribution in [3.05, 3.63) is 36.0 Å². The third-order valence-electron chi connectivity index (χ3n) is 3.74. The van der Waals surface area contributed by atoms with Gasteiger partial charge in [0.25, 0.3) is 0 Å². The summed E-state index contributed by atoms with van der Waals surface area (Å²) in [6.45, 7) is 8.28. The average molecular weight is 458 g/mol. The fourth-order valence-electron chi connectivity index (χ4n) is 2.45. The molecule has 0 saturated carbocycles. The Morgan fingerprint density at radius 2 is 1.92 bits per heavy atom. The fourth-order valence-corrected chi connectivity index (χ4v) is 2.45. The van der Waals surface area contributed by atoms with Crippen LogP contribution in [0.1, 0.15) is 38.8 Å². The van der Waals surface area contributed by atoms with Crippen molar-refractivity contribution in [1.29, 1.82) is 0 Å². The molecule has 0 bridgehead atoms. The Morgan fingerprint density at radius 1 is 1.12 bits per heavy atom. The first kappa shape index (κ1) is 21.8. The lowest BCUT2D eigenvalue weighted by atomic mass is 10.2. The van der Waals surface area contributed by atoms with Crippen LogP contribution in [0.15, 0.2) is 35.3 Å². The van der Waals surface area contributed by atoms with Crippen molar-refractivity contribution >= 4 is 40.8 Å². The fraction of sp³-hybridized carbons (Fsp3) is 0.526. The molecular formula is C19H31IN4O. The van der Waals surface area contributed by atoms with E-state index in [-0.39, 0.29) is 24.0 Å². The number of aromatic nitrogens is 1.